The van der Waals surface area contributed by atoms with Crippen LogP contribution < -0.4 is 15.4 Å². The van der Waals surface area contributed by atoms with Crippen LogP contribution in [0, 0.1) is 5.92 Å². The lowest BCUT2D eigenvalue weighted by Crippen LogP contribution is -2.34. The summed E-state index contributed by atoms with van der Waals surface area (Å²) in [5.74, 6) is 2.30. The number of hydrogen-bond acceptors (Lipinski definition) is 5. The highest BCUT2D eigenvalue weighted by molar-refractivity contribution is 5.41. The van der Waals surface area contributed by atoms with Crippen LogP contribution in [0.25, 0.3) is 0 Å². The van der Waals surface area contributed by atoms with Crippen molar-refractivity contribution in [3.63, 3.8) is 0 Å². The van der Waals surface area contributed by atoms with E-state index in [1.54, 1.807) is 6.33 Å². The van der Waals surface area contributed by atoms with E-state index in [9.17, 15) is 0 Å². The number of rotatable bonds is 4. The molecule has 1 aromatic rings. The van der Waals surface area contributed by atoms with Crippen molar-refractivity contribution in [3.8, 4) is 5.88 Å². The maximum Gasteiger partial charge on any atom is 0.218 e. The number of nitrogens with two attached hydrogens (primary N) is 1. The van der Waals surface area contributed by atoms with Crippen molar-refractivity contribution >= 4 is 5.82 Å². The molecular weight excluding hydrogens is 216 g/mol. The van der Waals surface area contributed by atoms with Crippen molar-refractivity contribution in [2.45, 2.75) is 19.8 Å². The molecule has 0 radical (unpaired) electrons. The van der Waals surface area contributed by atoms with Crippen LogP contribution >= 0.6 is 0 Å². The lowest BCUT2D eigenvalue weighted by Gasteiger charge is -2.31. The van der Waals surface area contributed by atoms with E-state index >= 15 is 0 Å². The van der Waals surface area contributed by atoms with Gasteiger partial charge in [0.05, 0.1) is 0 Å². The first-order chi connectivity index (χ1) is 8.29. The summed E-state index contributed by atoms with van der Waals surface area (Å²) >= 11 is 0. The molecule has 0 aliphatic carbocycles. The molecule has 0 saturated carbocycles. The average molecular weight is 236 g/mol. The molecule has 0 amide bonds. The molecule has 1 unspecified atom stereocenters. The van der Waals surface area contributed by atoms with Crippen LogP contribution in [-0.4, -0.2) is 36.2 Å². The van der Waals surface area contributed by atoms with Crippen LogP contribution in [0.3, 0.4) is 0 Å². The van der Waals surface area contributed by atoms with E-state index in [1.165, 1.54) is 12.8 Å². The zero-order chi connectivity index (χ0) is 12.1. The van der Waals surface area contributed by atoms with Gasteiger partial charge in [-0.15, -0.1) is 0 Å². The predicted molar refractivity (Wildman–Crippen MR) is 67.2 cm³/mol. The number of ether oxygens (including phenoxy) is 1. The fourth-order valence-corrected chi connectivity index (χ4v) is 2.14. The highest BCUT2D eigenvalue weighted by Gasteiger charge is 2.17. The summed E-state index contributed by atoms with van der Waals surface area (Å²) in [7, 11) is 0. The maximum absolute atomic E-state index is 5.41. The van der Waals surface area contributed by atoms with E-state index in [1.807, 2.05) is 6.07 Å². The summed E-state index contributed by atoms with van der Waals surface area (Å²) in [4.78, 5) is 10.7. The minimum atomic E-state index is 0.493. The molecule has 1 fully saturated rings. The van der Waals surface area contributed by atoms with E-state index in [2.05, 4.69) is 21.8 Å². The monoisotopic (exact) mass is 236 g/mol. The second-order valence-electron chi connectivity index (χ2n) is 4.54. The Labute approximate surface area is 102 Å². The molecule has 0 aromatic carbocycles. The first kappa shape index (κ1) is 12.1. The Morgan fingerprint density at radius 3 is 3.18 bits per heavy atom. The van der Waals surface area contributed by atoms with Gasteiger partial charge >= 0.3 is 0 Å². The van der Waals surface area contributed by atoms with Gasteiger partial charge in [0.2, 0.25) is 5.88 Å². The summed E-state index contributed by atoms with van der Waals surface area (Å²) in [6.07, 6.45) is 4.09. The second kappa shape index (κ2) is 5.82. The minimum absolute atomic E-state index is 0.493. The van der Waals surface area contributed by atoms with Crippen molar-refractivity contribution in [2.75, 3.05) is 31.1 Å². The van der Waals surface area contributed by atoms with E-state index in [4.69, 9.17) is 10.5 Å². The second-order valence-corrected chi connectivity index (χ2v) is 4.54. The summed E-state index contributed by atoms with van der Waals surface area (Å²) < 4.78 is 5.41. The van der Waals surface area contributed by atoms with Crippen LogP contribution in [0.15, 0.2) is 12.4 Å². The average Bonchev–Trinajstić information content (AvgIpc) is 2.37. The third-order valence-electron chi connectivity index (χ3n) is 2.98. The summed E-state index contributed by atoms with van der Waals surface area (Å²) in [6, 6.07) is 1.90. The first-order valence-electron chi connectivity index (χ1n) is 6.19. The SMILES string of the molecule is CC1CCCN(c2cc(OCCN)ncn2)C1. The van der Waals surface area contributed by atoms with Gasteiger partial charge in [0.25, 0.3) is 0 Å². The van der Waals surface area contributed by atoms with E-state index in [0.717, 1.165) is 24.8 Å². The lowest BCUT2D eigenvalue weighted by molar-refractivity contribution is 0.314. The molecule has 1 aromatic heterocycles. The highest BCUT2D eigenvalue weighted by Crippen LogP contribution is 2.22. The van der Waals surface area contributed by atoms with Crippen molar-refractivity contribution < 1.29 is 4.74 Å². The topological polar surface area (TPSA) is 64.3 Å². The predicted octanol–water partition coefficient (Wildman–Crippen LogP) is 1.05. The molecule has 1 aliphatic heterocycles. The molecule has 0 bridgehead atoms. The van der Waals surface area contributed by atoms with Crippen LogP contribution in [0.2, 0.25) is 0 Å². The molecule has 5 heteroatoms. The van der Waals surface area contributed by atoms with E-state index in [-0.39, 0.29) is 0 Å². The molecule has 5 nitrogen and oxygen atoms in total. The highest BCUT2D eigenvalue weighted by atomic mass is 16.5. The Bertz CT molecular complexity index is 358. The van der Waals surface area contributed by atoms with Crippen molar-refractivity contribution in [1.29, 1.82) is 0 Å². The van der Waals surface area contributed by atoms with Gasteiger partial charge in [-0.1, -0.05) is 6.92 Å². The zero-order valence-electron chi connectivity index (χ0n) is 10.3. The standard InChI is InChI=1S/C12H20N4O/c1-10-3-2-5-16(8-10)11-7-12(15-9-14-11)17-6-4-13/h7,9-10H,2-6,8,13H2,1H3. The molecule has 2 heterocycles. The van der Waals surface area contributed by atoms with E-state index in [0.29, 0.717) is 19.0 Å². The fourth-order valence-electron chi connectivity index (χ4n) is 2.14. The van der Waals surface area contributed by atoms with Gasteiger partial charge in [0.1, 0.15) is 18.8 Å². The molecular formula is C12H20N4O. The van der Waals surface area contributed by atoms with Crippen molar-refractivity contribution in [2.24, 2.45) is 11.7 Å². The van der Waals surface area contributed by atoms with Crippen molar-refractivity contribution in [1.82, 2.24) is 9.97 Å². The molecule has 1 aliphatic rings. The maximum atomic E-state index is 5.41. The van der Waals surface area contributed by atoms with Gasteiger partial charge in [0, 0.05) is 25.7 Å². The molecule has 0 spiro atoms. The molecule has 1 saturated heterocycles. The lowest BCUT2D eigenvalue weighted by atomic mass is 10.0. The molecule has 94 valence electrons. The summed E-state index contributed by atoms with van der Waals surface area (Å²) in [5.41, 5.74) is 5.40. The Balaban J connectivity index is 2.04. The van der Waals surface area contributed by atoms with Gasteiger partial charge in [-0.25, -0.2) is 9.97 Å². The van der Waals surface area contributed by atoms with Crippen LogP contribution in [0.1, 0.15) is 19.8 Å². The zero-order valence-corrected chi connectivity index (χ0v) is 10.3. The Kier molecular flexibility index (Phi) is 4.14. The van der Waals surface area contributed by atoms with Crippen LogP contribution in [-0.2, 0) is 0 Å². The van der Waals surface area contributed by atoms with Gasteiger partial charge in [-0.3, -0.25) is 0 Å². The third kappa shape index (κ3) is 3.30. The first-order valence-corrected chi connectivity index (χ1v) is 6.19. The molecule has 17 heavy (non-hydrogen) atoms. The number of anilines is 1. The quantitative estimate of drug-likeness (QED) is 0.846. The van der Waals surface area contributed by atoms with Gasteiger partial charge in [-0.05, 0) is 18.8 Å². The van der Waals surface area contributed by atoms with Gasteiger partial charge in [0.15, 0.2) is 0 Å². The molecule has 1 atom stereocenters. The Hall–Kier alpha value is -1.36. The molecule has 2 N–H and O–H groups in total. The number of nitrogens with zero attached hydrogens (tertiary/aromatic N) is 3. The van der Waals surface area contributed by atoms with E-state index < -0.39 is 0 Å². The van der Waals surface area contributed by atoms with Crippen LogP contribution in [0.4, 0.5) is 5.82 Å². The van der Waals surface area contributed by atoms with Crippen molar-refractivity contribution in [3.05, 3.63) is 12.4 Å². The Morgan fingerprint density at radius 1 is 1.53 bits per heavy atom. The fraction of sp³-hybridized carbons (Fsp3) is 0.667. The minimum Gasteiger partial charge on any atom is -0.476 e. The van der Waals surface area contributed by atoms with Crippen LogP contribution in [0.5, 0.6) is 5.88 Å². The number of aromatic nitrogens is 2. The largest absolute Gasteiger partial charge is 0.476 e. The third-order valence-corrected chi connectivity index (χ3v) is 2.98. The van der Waals surface area contributed by atoms with Gasteiger partial charge < -0.3 is 15.4 Å². The smallest absolute Gasteiger partial charge is 0.218 e. The number of piperidine rings is 1. The van der Waals surface area contributed by atoms with Gasteiger partial charge in [-0.2, -0.15) is 0 Å². The normalized spacial score (nSPS) is 20.4. The molecule has 2 rings (SSSR count). The summed E-state index contributed by atoms with van der Waals surface area (Å²) in [6.45, 7) is 5.40. The Morgan fingerprint density at radius 2 is 2.41 bits per heavy atom. The number of hydrogen-bond donors (Lipinski definition) is 1. The summed E-state index contributed by atoms with van der Waals surface area (Å²) in [5, 5.41) is 0.